The van der Waals surface area contributed by atoms with Gasteiger partial charge in [-0.05, 0) is 46.9 Å². The van der Waals surface area contributed by atoms with E-state index in [1.165, 1.54) is 22.3 Å². The summed E-state index contributed by atoms with van der Waals surface area (Å²) in [6.45, 7) is 5.01. The van der Waals surface area contributed by atoms with Crippen LogP contribution in [0, 0.1) is 11.8 Å². The number of amides is 2. The van der Waals surface area contributed by atoms with Gasteiger partial charge in [-0.3, -0.25) is 9.59 Å². The number of alkyl carbamates (subject to hydrolysis) is 1. The van der Waals surface area contributed by atoms with Crippen LogP contribution in [-0.2, 0) is 14.3 Å². The number of ether oxygens (including phenoxy) is 1. The molecule has 7 heteroatoms. The van der Waals surface area contributed by atoms with Gasteiger partial charge in [0.05, 0.1) is 0 Å². The third-order valence-corrected chi connectivity index (χ3v) is 6.28. The van der Waals surface area contributed by atoms with E-state index in [1.807, 2.05) is 38.1 Å². The van der Waals surface area contributed by atoms with Crippen LogP contribution in [0.15, 0.2) is 48.5 Å². The van der Waals surface area contributed by atoms with E-state index in [2.05, 4.69) is 34.9 Å². The van der Waals surface area contributed by atoms with E-state index >= 15 is 0 Å². The predicted molar refractivity (Wildman–Crippen MR) is 131 cm³/mol. The van der Waals surface area contributed by atoms with Gasteiger partial charge in [-0.25, -0.2) is 4.79 Å². The van der Waals surface area contributed by atoms with Crippen LogP contribution in [-0.4, -0.2) is 42.8 Å². The number of hydrogen-bond acceptors (Lipinski definition) is 4. The molecule has 182 valence electrons. The monoisotopic (exact) mass is 466 g/mol. The average molecular weight is 467 g/mol. The molecule has 7 nitrogen and oxygen atoms in total. The first kappa shape index (κ1) is 25.3. The fourth-order valence-corrected chi connectivity index (χ4v) is 4.34. The van der Waals surface area contributed by atoms with E-state index in [-0.39, 0.29) is 36.7 Å². The number of fused-ring (bicyclic) bond motifs is 3. The van der Waals surface area contributed by atoms with E-state index in [1.54, 1.807) is 0 Å². The maximum atomic E-state index is 12.3. The SMILES string of the molecule is CC(CCNC(=O)CC(C)CNC(=O)OCC1c2ccccc2-c2ccccc21)CCC(=O)O. The summed E-state index contributed by atoms with van der Waals surface area (Å²) >= 11 is 0. The molecule has 2 atom stereocenters. The van der Waals surface area contributed by atoms with Crippen molar-refractivity contribution in [3.8, 4) is 11.1 Å². The zero-order valence-corrected chi connectivity index (χ0v) is 19.9. The Kier molecular flexibility index (Phi) is 9.08. The Hall–Kier alpha value is -3.35. The molecule has 0 saturated heterocycles. The van der Waals surface area contributed by atoms with Crippen molar-refractivity contribution in [2.45, 2.75) is 45.4 Å². The molecule has 1 aliphatic rings. The van der Waals surface area contributed by atoms with Gasteiger partial charge in [-0.15, -0.1) is 0 Å². The number of hydrogen-bond donors (Lipinski definition) is 3. The molecule has 0 radical (unpaired) electrons. The highest BCUT2D eigenvalue weighted by Gasteiger charge is 2.29. The van der Waals surface area contributed by atoms with Gasteiger partial charge in [0.15, 0.2) is 0 Å². The van der Waals surface area contributed by atoms with Crippen molar-refractivity contribution in [3.05, 3.63) is 59.7 Å². The van der Waals surface area contributed by atoms with Crippen molar-refractivity contribution in [1.29, 1.82) is 0 Å². The van der Waals surface area contributed by atoms with Crippen molar-refractivity contribution in [1.82, 2.24) is 10.6 Å². The number of carbonyl (C=O) groups is 3. The Morgan fingerprint density at radius 3 is 2.15 bits per heavy atom. The summed E-state index contributed by atoms with van der Waals surface area (Å²) in [6, 6.07) is 16.4. The third-order valence-electron chi connectivity index (χ3n) is 6.28. The summed E-state index contributed by atoms with van der Waals surface area (Å²) in [5, 5.41) is 14.4. The summed E-state index contributed by atoms with van der Waals surface area (Å²) in [6.07, 6.45) is 1.30. The van der Waals surface area contributed by atoms with Gasteiger partial charge < -0.3 is 20.5 Å². The number of aliphatic carboxylic acids is 1. The summed E-state index contributed by atoms with van der Waals surface area (Å²) in [5.41, 5.74) is 4.70. The number of rotatable bonds is 12. The Balaban J connectivity index is 1.36. The quantitative estimate of drug-likeness (QED) is 0.425. The van der Waals surface area contributed by atoms with Gasteiger partial charge in [0.1, 0.15) is 6.61 Å². The lowest BCUT2D eigenvalue weighted by molar-refractivity contribution is -0.137. The minimum Gasteiger partial charge on any atom is -0.481 e. The first-order valence-corrected chi connectivity index (χ1v) is 11.9. The van der Waals surface area contributed by atoms with Crippen LogP contribution < -0.4 is 10.6 Å². The van der Waals surface area contributed by atoms with Crippen LogP contribution in [0.5, 0.6) is 0 Å². The van der Waals surface area contributed by atoms with Crippen LogP contribution in [0.2, 0.25) is 0 Å². The van der Waals surface area contributed by atoms with E-state index in [0.717, 1.165) is 6.42 Å². The molecule has 0 bridgehead atoms. The van der Waals surface area contributed by atoms with Crippen molar-refractivity contribution in [3.63, 3.8) is 0 Å². The number of carbonyl (C=O) groups excluding carboxylic acids is 2. The summed E-state index contributed by atoms with van der Waals surface area (Å²) in [7, 11) is 0. The molecule has 2 unspecified atom stereocenters. The number of carboxylic acid groups (broad SMARTS) is 1. The van der Waals surface area contributed by atoms with Gasteiger partial charge >= 0.3 is 12.1 Å². The summed E-state index contributed by atoms with van der Waals surface area (Å²) in [5.74, 6) is -0.658. The van der Waals surface area contributed by atoms with Crippen LogP contribution in [0.25, 0.3) is 11.1 Å². The lowest BCUT2D eigenvalue weighted by Gasteiger charge is -2.16. The highest BCUT2D eigenvalue weighted by Crippen LogP contribution is 2.44. The molecule has 3 N–H and O–H groups in total. The van der Waals surface area contributed by atoms with Gasteiger partial charge in [0, 0.05) is 31.8 Å². The van der Waals surface area contributed by atoms with Crippen molar-refractivity contribution in [2.24, 2.45) is 11.8 Å². The lowest BCUT2D eigenvalue weighted by atomic mass is 9.98. The minimum atomic E-state index is -0.798. The predicted octanol–water partition coefficient (Wildman–Crippen LogP) is 4.56. The van der Waals surface area contributed by atoms with Crippen molar-refractivity contribution < 1.29 is 24.2 Å². The molecule has 3 rings (SSSR count). The minimum absolute atomic E-state index is 0.0132. The van der Waals surface area contributed by atoms with Crippen LogP contribution in [0.4, 0.5) is 4.79 Å². The van der Waals surface area contributed by atoms with Gasteiger partial charge in [-0.2, -0.15) is 0 Å². The number of carboxylic acids is 1. The van der Waals surface area contributed by atoms with Crippen LogP contribution in [0.1, 0.15) is 56.6 Å². The Morgan fingerprint density at radius 2 is 1.53 bits per heavy atom. The second-order valence-corrected chi connectivity index (χ2v) is 9.19. The molecule has 1 aliphatic carbocycles. The van der Waals surface area contributed by atoms with Gasteiger partial charge in [-0.1, -0.05) is 62.4 Å². The first-order chi connectivity index (χ1) is 16.3. The zero-order valence-electron chi connectivity index (χ0n) is 19.9. The Morgan fingerprint density at radius 1 is 0.912 bits per heavy atom. The molecule has 0 saturated carbocycles. The van der Waals surface area contributed by atoms with E-state index in [0.29, 0.717) is 25.9 Å². The summed E-state index contributed by atoms with van der Waals surface area (Å²) in [4.78, 5) is 35.0. The fraction of sp³-hybridized carbons (Fsp3) is 0.444. The van der Waals surface area contributed by atoms with Gasteiger partial charge in [0.25, 0.3) is 0 Å². The molecule has 0 spiro atoms. The molecule has 0 heterocycles. The molecule has 2 amide bonds. The maximum Gasteiger partial charge on any atom is 0.407 e. The first-order valence-electron chi connectivity index (χ1n) is 11.9. The third kappa shape index (κ3) is 7.07. The second-order valence-electron chi connectivity index (χ2n) is 9.19. The Labute approximate surface area is 200 Å². The standard InChI is InChI=1S/C27H34N2O5/c1-18(11-12-26(31)32)13-14-28-25(30)15-19(2)16-29-27(33)34-17-24-22-9-5-3-7-20(22)21-8-4-6-10-23(21)24/h3-10,18-19,24H,11-17H2,1-2H3,(H,28,30)(H,29,33)(H,31,32). The highest BCUT2D eigenvalue weighted by molar-refractivity contribution is 5.79. The van der Waals surface area contributed by atoms with E-state index in [9.17, 15) is 14.4 Å². The number of benzene rings is 2. The second kappa shape index (κ2) is 12.2. The molecule has 0 aliphatic heterocycles. The van der Waals surface area contributed by atoms with Crippen molar-refractivity contribution >= 4 is 18.0 Å². The lowest BCUT2D eigenvalue weighted by Crippen LogP contribution is -2.33. The molecule has 2 aromatic carbocycles. The molecule has 34 heavy (non-hydrogen) atoms. The zero-order chi connectivity index (χ0) is 24.5. The molecule has 0 aromatic heterocycles. The van der Waals surface area contributed by atoms with Gasteiger partial charge in [0.2, 0.25) is 5.91 Å². The summed E-state index contributed by atoms with van der Waals surface area (Å²) < 4.78 is 5.53. The van der Waals surface area contributed by atoms with E-state index < -0.39 is 12.1 Å². The van der Waals surface area contributed by atoms with Crippen LogP contribution >= 0.6 is 0 Å². The topological polar surface area (TPSA) is 105 Å². The molecular formula is C27H34N2O5. The van der Waals surface area contributed by atoms with Crippen molar-refractivity contribution in [2.75, 3.05) is 19.7 Å². The molecular weight excluding hydrogens is 432 g/mol. The van der Waals surface area contributed by atoms with Crippen LogP contribution in [0.3, 0.4) is 0 Å². The number of nitrogens with one attached hydrogen (secondary N) is 2. The maximum absolute atomic E-state index is 12.3. The smallest absolute Gasteiger partial charge is 0.407 e. The Bertz CT molecular complexity index is 961. The molecule has 2 aromatic rings. The largest absolute Gasteiger partial charge is 0.481 e. The highest BCUT2D eigenvalue weighted by atomic mass is 16.5. The molecule has 0 fully saturated rings. The normalized spacial score (nSPS) is 13.9. The average Bonchev–Trinajstić information content (AvgIpc) is 3.14. The fourth-order valence-electron chi connectivity index (χ4n) is 4.34. The van der Waals surface area contributed by atoms with E-state index in [4.69, 9.17) is 9.84 Å².